The van der Waals surface area contributed by atoms with Crippen molar-refractivity contribution in [1.29, 1.82) is 0 Å². The molecular formula is C26H54O6. The lowest BCUT2D eigenvalue weighted by Crippen LogP contribution is -2.10. The third-order valence-corrected chi connectivity index (χ3v) is 5.18. The number of ether oxygens (including phenoxy) is 3. The van der Waals surface area contributed by atoms with Crippen LogP contribution in [0.5, 0.6) is 0 Å². The van der Waals surface area contributed by atoms with E-state index in [1.807, 2.05) is 6.92 Å². The predicted molar refractivity (Wildman–Crippen MR) is 132 cm³/mol. The molecule has 0 unspecified atom stereocenters. The van der Waals surface area contributed by atoms with Gasteiger partial charge in [0.05, 0.1) is 39.6 Å². The van der Waals surface area contributed by atoms with Gasteiger partial charge in [0.2, 0.25) is 0 Å². The van der Waals surface area contributed by atoms with Gasteiger partial charge in [0.1, 0.15) is 0 Å². The van der Waals surface area contributed by atoms with Crippen LogP contribution in [0.15, 0.2) is 0 Å². The third kappa shape index (κ3) is 36.7. The van der Waals surface area contributed by atoms with E-state index < -0.39 is 5.97 Å². The SMILES string of the molecule is CCCCCCCCCCCCCCCCCC(=O)O.CCOCCOCCOCCO. The van der Waals surface area contributed by atoms with Crippen molar-refractivity contribution in [2.75, 3.05) is 46.2 Å². The zero-order chi connectivity index (χ0) is 24.0. The number of aliphatic carboxylic acids is 1. The summed E-state index contributed by atoms with van der Waals surface area (Å²) in [5.41, 5.74) is 0. The Bertz CT molecular complexity index is 328. The summed E-state index contributed by atoms with van der Waals surface area (Å²) in [6.45, 7) is 7.74. The van der Waals surface area contributed by atoms with Crippen molar-refractivity contribution in [3.63, 3.8) is 0 Å². The van der Waals surface area contributed by atoms with Crippen LogP contribution in [0.3, 0.4) is 0 Å². The minimum absolute atomic E-state index is 0.0684. The van der Waals surface area contributed by atoms with E-state index in [4.69, 9.17) is 24.4 Å². The van der Waals surface area contributed by atoms with Gasteiger partial charge in [0.15, 0.2) is 0 Å². The predicted octanol–water partition coefficient (Wildman–Crippen LogP) is 6.38. The molecule has 6 heteroatoms. The summed E-state index contributed by atoms with van der Waals surface area (Å²) in [6, 6.07) is 0. The molecule has 0 atom stereocenters. The maximum absolute atomic E-state index is 10.3. The largest absolute Gasteiger partial charge is 0.481 e. The summed E-state index contributed by atoms with van der Waals surface area (Å²) in [7, 11) is 0. The topological polar surface area (TPSA) is 85.2 Å². The van der Waals surface area contributed by atoms with E-state index in [2.05, 4.69) is 6.92 Å². The molecule has 194 valence electrons. The van der Waals surface area contributed by atoms with Crippen molar-refractivity contribution in [3.8, 4) is 0 Å². The molecular weight excluding hydrogens is 408 g/mol. The molecule has 0 radical (unpaired) electrons. The molecule has 32 heavy (non-hydrogen) atoms. The normalized spacial score (nSPS) is 10.7. The van der Waals surface area contributed by atoms with Gasteiger partial charge in [-0.05, 0) is 13.3 Å². The van der Waals surface area contributed by atoms with Gasteiger partial charge in [-0.15, -0.1) is 0 Å². The van der Waals surface area contributed by atoms with Crippen LogP contribution >= 0.6 is 0 Å². The lowest BCUT2D eigenvalue weighted by Gasteiger charge is -2.04. The van der Waals surface area contributed by atoms with Crippen LogP contribution in [0.25, 0.3) is 0 Å². The Morgan fingerprint density at radius 2 is 0.938 bits per heavy atom. The fourth-order valence-electron chi connectivity index (χ4n) is 3.30. The lowest BCUT2D eigenvalue weighted by atomic mass is 10.0. The summed E-state index contributed by atoms with van der Waals surface area (Å²) in [4.78, 5) is 10.3. The second kappa shape index (κ2) is 32.5. The van der Waals surface area contributed by atoms with E-state index in [-0.39, 0.29) is 6.61 Å². The number of hydrogen-bond donors (Lipinski definition) is 2. The van der Waals surface area contributed by atoms with Crippen LogP contribution in [0.2, 0.25) is 0 Å². The fourth-order valence-corrected chi connectivity index (χ4v) is 3.30. The van der Waals surface area contributed by atoms with Gasteiger partial charge in [0, 0.05) is 13.0 Å². The van der Waals surface area contributed by atoms with Crippen LogP contribution in [-0.4, -0.2) is 62.4 Å². The molecule has 0 amide bonds. The highest BCUT2D eigenvalue weighted by Gasteiger charge is 1.97. The molecule has 0 saturated carbocycles. The maximum atomic E-state index is 10.3. The van der Waals surface area contributed by atoms with Gasteiger partial charge in [-0.25, -0.2) is 0 Å². The number of rotatable bonds is 25. The van der Waals surface area contributed by atoms with Crippen LogP contribution < -0.4 is 0 Å². The van der Waals surface area contributed by atoms with Gasteiger partial charge < -0.3 is 24.4 Å². The van der Waals surface area contributed by atoms with Gasteiger partial charge in [-0.2, -0.15) is 0 Å². The Labute approximate surface area is 198 Å². The molecule has 0 aromatic rings. The van der Waals surface area contributed by atoms with Crippen molar-refractivity contribution in [2.24, 2.45) is 0 Å². The Kier molecular flexibility index (Phi) is 34.0. The van der Waals surface area contributed by atoms with Crippen molar-refractivity contribution in [2.45, 2.75) is 117 Å². The Hall–Kier alpha value is -0.690. The van der Waals surface area contributed by atoms with Crippen LogP contribution in [-0.2, 0) is 19.0 Å². The molecule has 2 N–H and O–H groups in total. The van der Waals surface area contributed by atoms with Crippen molar-refractivity contribution >= 4 is 5.97 Å². The van der Waals surface area contributed by atoms with E-state index in [0.717, 1.165) is 19.4 Å². The van der Waals surface area contributed by atoms with E-state index in [0.29, 0.717) is 39.5 Å². The number of carbonyl (C=O) groups is 1. The van der Waals surface area contributed by atoms with Gasteiger partial charge in [0.25, 0.3) is 0 Å². The zero-order valence-electron chi connectivity index (χ0n) is 21.3. The van der Waals surface area contributed by atoms with Crippen molar-refractivity contribution < 1.29 is 29.2 Å². The highest BCUT2D eigenvalue weighted by atomic mass is 16.5. The van der Waals surface area contributed by atoms with E-state index in [9.17, 15) is 4.79 Å². The number of aliphatic hydroxyl groups is 1. The number of carboxylic acids is 1. The van der Waals surface area contributed by atoms with Crippen LogP contribution in [0.4, 0.5) is 0 Å². The molecule has 0 rings (SSSR count). The highest BCUT2D eigenvalue weighted by molar-refractivity contribution is 5.66. The summed E-state index contributed by atoms with van der Waals surface area (Å²) in [6.07, 6.45) is 20.2. The maximum Gasteiger partial charge on any atom is 0.303 e. The standard InChI is InChI=1S/C18H36O2.C8H18O4/c1-2-3-4-5-6-7-8-9-10-11-12-13-14-15-16-17-18(19)20;1-2-10-5-6-12-8-7-11-4-3-9/h2-17H2,1H3,(H,19,20);9H,2-8H2,1H3. The van der Waals surface area contributed by atoms with Gasteiger partial charge >= 0.3 is 5.97 Å². The summed E-state index contributed by atoms with van der Waals surface area (Å²) >= 11 is 0. The quantitative estimate of drug-likeness (QED) is 0.153. The lowest BCUT2D eigenvalue weighted by molar-refractivity contribution is -0.137. The molecule has 0 aliphatic carbocycles. The van der Waals surface area contributed by atoms with Gasteiger partial charge in [-0.3, -0.25) is 4.79 Å². The average molecular weight is 463 g/mol. The summed E-state index contributed by atoms with van der Waals surface area (Å²) in [5.74, 6) is -0.653. The first-order chi connectivity index (χ1) is 15.7. The van der Waals surface area contributed by atoms with E-state index in [1.165, 1.54) is 83.5 Å². The number of unbranched alkanes of at least 4 members (excludes halogenated alkanes) is 14. The Balaban J connectivity index is 0. The molecule has 0 aromatic heterocycles. The molecule has 0 bridgehead atoms. The Morgan fingerprint density at radius 1 is 0.562 bits per heavy atom. The van der Waals surface area contributed by atoms with Crippen molar-refractivity contribution in [1.82, 2.24) is 0 Å². The molecule has 0 fully saturated rings. The minimum Gasteiger partial charge on any atom is -0.481 e. The fraction of sp³-hybridized carbons (Fsp3) is 0.962. The van der Waals surface area contributed by atoms with Crippen LogP contribution in [0.1, 0.15) is 117 Å². The van der Waals surface area contributed by atoms with E-state index in [1.54, 1.807) is 0 Å². The molecule has 0 heterocycles. The molecule has 0 aliphatic rings. The smallest absolute Gasteiger partial charge is 0.303 e. The van der Waals surface area contributed by atoms with Crippen LogP contribution in [0, 0.1) is 0 Å². The average Bonchev–Trinajstić information content (AvgIpc) is 2.78. The minimum atomic E-state index is -0.653. The molecule has 6 nitrogen and oxygen atoms in total. The number of hydrogen-bond acceptors (Lipinski definition) is 5. The van der Waals surface area contributed by atoms with Crippen molar-refractivity contribution in [3.05, 3.63) is 0 Å². The Morgan fingerprint density at radius 3 is 1.31 bits per heavy atom. The monoisotopic (exact) mass is 462 g/mol. The third-order valence-electron chi connectivity index (χ3n) is 5.18. The molecule has 0 aliphatic heterocycles. The first-order valence-electron chi connectivity index (χ1n) is 13.2. The first kappa shape index (κ1) is 33.5. The van der Waals surface area contributed by atoms with E-state index >= 15 is 0 Å². The first-order valence-corrected chi connectivity index (χ1v) is 13.2. The number of carboxylic acid groups (broad SMARTS) is 1. The number of aliphatic hydroxyl groups excluding tert-OH is 1. The zero-order valence-corrected chi connectivity index (χ0v) is 21.3. The molecule has 0 aromatic carbocycles. The summed E-state index contributed by atoms with van der Waals surface area (Å²) < 4.78 is 15.2. The van der Waals surface area contributed by atoms with Gasteiger partial charge in [-0.1, -0.05) is 96.8 Å². The molecule has 0 saturated heterocycles. The second-order valence-corrected chi connectivity index (χ2v) is 8.24. The second-order valence-electron chi connectivity index (χ2n) is 8.24. The highest BCUT2D eigenvalue weighted by Crippen LogP contribution is 2.13. The molecule has 0 spiro atoms. The summed E-state index contributed by atoms with van der Waals surface area (Å²) in [5, 5.41) is 16.9.